The summed E-state index contributed by atoms with van der Waals surface area (Å²) < 4.78 is 19.1. The molecule has 0 unspecified atom stereocenters. The Kier molecular flexibility index (Phi) is 2.48. The first-order chi connectivity index (χ1) is 8.24. The molecule has 0 saturated carbocycles. The third-order valence-electron chi connectivity index (χ3n) is 3.00. The molecule has 2 aromatic rings. The van der Waals surface area contributed by atoms with E-state index < -0.39 is 0 Å². The average Bonchev–Trinajstić information content (AvgIpc) is 2.69. The molecule has 0 aliphatic carbocycles. The molecule has 5 heteroatoms. The van der Waals surface area contributed by atoms with E-state index in [-0.39, 0.29) is 5.82 Å². The largest absolute Gasteiger partial charge is 0.439 e. The second kappa shape index (κ2) is 4.00. The normalized spacial score (nSPS) is 16.7. The lowest BCUT2D eigenvalue weighted by Crippen LogP contribution is -2.43. The van der Waals surface area contributed by atoms with Crippen LogP contribution in [0.1, 0.15) is 5.89 Å². The number of piperazine rings is 1. The fraction of sp³-hybridized carbons (Fsp3) is 0.417. The summed E-state index contributed by atoms with van der Waals surface area (Å²) in [6, 6.07) is 2.94. The molecule has 0 atom stereocenters. The van der Waals surface area contributed by atoms with Gasteiger partial charge in [-0.05, 0) is 0 Å². The zero-order valence-corrected chi connectivity index (χ0v) is 9.66. The van der Waals surface area contributed by atoms with Crippen LogP contribution in [0, 0.1) is 12.7 Å². The minimum atomic E-state index is -0.265. The van der Waals surface area contributed by atoms with Crippen molar-refractivity contribution < 1.29 is 8.81 Å². The minimum absolute atomic E-state index is 0.265. The van der Waals surface area contributed by atoms with Gasteiger partial charge in [-0.1, -0.05) is 0 Å². The highest BCUT2D eigenvalue weighted by Gasteiger charge is 2.17. The maximum atomic E-state index is 13.5. The summed E-state index contributed by atoms with van der Waals surface area (Å²) in [6.07, 6.45) is 0. The number of anilines is 1. The highest BCUT2D eigenvalue weighted by molar-refractivity contribution is 5.87. The predicted molar refractivity (Wildman–Crippen MR) is 63.8 cm³/mol. The van der Waals surface area contributed by atoms with Gasteiger partial charge in [-0.25, -0.2) is 9.37 Å². The molecule has 1 aliphatic rings. The Hall–Kier alpha value is -1.62. The molecule has 1 N–H and O–H groups in total. The Morgan fingerprint density at radius 3 is 2.88 bits per heavy atom. The van der Waals surface area contributed by atoms with E-state index in [0.29, 0.717) is 17.0 Å². The topological polar surface area (TPSA) is 41.3 Å². The molecule has 2 heterocycles. The van der Waals surface area contributed by atoms with Crippen molar-refractivity contribution in [3.8, 4) is 0 Å². The smallest absolute Gasteiger partial charge is 0.192 e. The van der Waals surface area contributed by atoms with Gasteiger partial charge in [0.2, 0.25) is 0 Å². The Labute approximate surface area is 98.4 Å². The first-order valence-electron chi connectivity index (χ1n) is 5.76. The summed E-state index contributed by atoms with van der Waals surface area (Å²) in [5.74, 6) is 0.307. The molecule has 4 nitrogen and oxygen atoms in total. The van der Waals surface area contributed by atoms with Gasteiger partial charge in [-0.15, -0.1) is 0 Å². The van der Waals surface area contributed by atoms with Gasteiger partial charge in [-0.2, -0.15) is 0 Å². The van der Waals surface area contributed by atoms with E-state index in [9.17, 15) is 4.39 Å². The maximum absolute atomic E-state index is 13.5. The first kappa shape index (κ1) is 10.5. The van der Waals surface area contributed by atoms with Crippen LogP contribution in [0.3, 0.4) is 0 Å². The molecule has 1 saturated heterocycles. The number of fused-ring (bicyclic) bond motifs is 1. The van der Waals surface area contributed by atoms with Crippen LogP contribution >= 0.6 is 0 Å². The number of oxazole rings is 1. The Morgan fingerprint density at radius 1 is 1.35 bits per heavy atom. The third-order valence-corrected chi connectivity index (χ3v) is 3.00. The fourth-order valence-electron chi connectivity index (χ4n) is 2.23. The van der Waals surface area contributed by atoms with Crippen molar-refractivity contribution in [3.05, 3.63) is 23.8 Å². The zero-order chi connectivity index (χ0) is 11.8. The van der Waals surface area contributed by atoms with Crippen molar-refractivity contribution in [3.63, 3.8) is 0 Å². The van der Waals surface area contributed by atoms with Crippen molar-refractivity contribution >= 4 is 16.8 Å². The van der Waals surface area contributed by atoms with Gasteiger partial charge in [0.05, 0.1) is 5.69 Å². The number of benzene rings is 1. The molecule has 1 aromatic heterocycles. The van der Waals surface area contributed by atoms with Crippen LogP contribution in [0.5, 0.6) is 0 Å². The van der Waals surface area contributed by atoms with Crippen LogP contribution < -0.4 is 10.2 Å². The number of hydrogen-bond donors (Lipinski definition) is 1. The number of nitrogens with one attached hydrogen (secondary N) is 1. The van der Waals surface area contributed by atoms with Crippen LogP contribution in [0.25, 0.3) is 11.1 Å². The zero-order valence-electron chi connectivity index (χ0n) is 9.66. The quantitative estimate of drug-likeness (QED) is 0.816. The molecule has 3 rings (SSSR count). The minimum Gasteiger partial charge on any atom is -0.439 e. The van der Waals surface area contributed by atoms with Crippen molar-refractivity contribution in [1.29, 1.82) is 0 Å². The third kappa shape index (κ3) is 1.86. The SMILES string of the molecule is Cc1nc2cc(F)cc(N3CCNCC3)c2o1. The van der Waals surface area contributed by atoms with Gasteiger partial charge in [-0.3, -0.25) is 0 Å². The highest BCUT2D eigenvalue weighted by Crippen LogP contribution is 2.29. The first-order valence-corrected chi connectivity index (χ1v) is 5.76. The molecule has 1 fully saturated rings. The van der Waals surface area contributed by atoms with Crippen LogP contribution in [0.2, 0.25) is 0 Å². The molecule has 90 valence electrons. The number of hydrogen-bond acceptors (Lipinski definition) is 4. The standard InChI is InChI=1S/C12H14FN3O/c1-8-15-10-6-9(13)7-11(12(10)17-8)16-4-2-14-3-5-16/h6-7,14H,2-5H2,1H3. The Bertz CT molecular complexity index is 546. The van der Waals surface area contributed by atoms with Gasteiger partial charge in [0, 0.05) is 45.2 Å². The van der Waals surface area contributed by atoms with Crippen molar-refractivity contribution in [2.24, 2.45) is 0 Å². The molecular weight excluding hydrogens is 221 g/mol. The van der Waals surface area contributed by atoms with Crippen molar-refractivity contribution in [1.82, 2.24) is 10.3 Å². The fourth-order valence-corrected chi connectivity index (χ4v) is 2.23. The summed E-state index contributed by atoms with van der Waals surface area (Å²) in [5, 5.41) is 3.27. The molecule has 1 aromatic carbocycles. The van der Waals surface area contributed by atoms with Crippen LogP contribution in [-0.2, 0) is 0 Å². The number of aryl methyl sites for hydroxylation is 1. The highest BCUT2D eigenvalue weighted by atomic mass is 19.1. The van der Waals surface area contributed by atoms with Crippen molar-refractivity contribution in [2.45, 2.75) is 6.92 Å². The van der Waals surface area contributed by atoms with E-state index in [0.717, 1.165) is 31.9 Å². The van der Waals surface area contributed by atoms with E-state index in [1.54, 1.807) is 6.92 Å². The van der Waals surface area contributed by atoms with Gasteiger partial charge in [0.15, 0.2) is 11.5 Å². The van der Waals surface area contributed by atoms with Gasteiger partial charge < -0.3 is 14.6 Å². The van der Waals surface area contributed by atoms with Gasteiger partial charge >= 0.3 is 0 Å². The molecule has 0 bridgehead atoms. The van der Waals surface area contributed by atoms with Gasteiger partial charge in [0.1, 0.15) is 11.3 Å². The maximum Gasteiger partial charge on any atom is 0.192 e. The Balaban J connectivity index is 2.12. The number of halogens is 1. The summed E-state index contributed by atoms with van der Waals surface area (Å²) in [5.41, 5.74) is 2.09. The van der Waals surface area contributed by atoms with Crippen molar-refractivity contribution in [2.75, 3.05) is 31.1 Å². The second-order valence-electron chi connectivity index (χ2n) is 4.24. The average molecular weight is 235 g/mol. The molecule has 0 spiro atoms. The molecule has 1 aliphatic heterocycles. The monoisotopic (exact) mass is 235 g/mol. The Morgan fingerprint density at radius 2 is 2.12 bits per heavy atom. The molecular formula is C12H14FN3O. The molecule has 0 amide bonds. The molecule has 17 heavy (non-hydrogen) atoms. The predicted octanol–water partition coefficient (Wildman–Crippen LogP) is 1.68. The summed E-state index contributed by atoms with van der Waals surface area (Å²) in [7, 11) is 0. The summed E-state index contributed by atoms with van der Waals surface area (Å²) in [6.45, 7) is 5.31. The van der Waals surface area contributed by atoms with Crippen LogP contribution in [-0.4, -0.2) is 31.2 Å². The van der Waals surface area contributed by atoms with E-state index in [1.807, 2.05) is 0 Å². The van der Waals surface area contributed by atoms with E-state index in [4.69, 9.17) is 4.42 Å². The van der Waals surface area contributed by atoms with Gasteiger partial charge in [0.25, 0.3) is 0 Å². The van der Waals surface area contributed by atoms with Crippen LogP contribution in [0.15, 0.2) is 16.5 Å². The lowest BCUT2D eigenvalue weighted by molar-refractivity contribution is 0.551. The number of nitrogens with zero attached hydrogens (tertiary/aromatic N) is 2. The summed E-state index contributed by atoms with van der Waals surface area (Å²) in [4.78, 5) is 6.31. The lowest BCUT2D eigenvalue weighted by Gasteiger charge is -2.29. The number of rotatable bonds is 1. The van der Waals surface area contributed by atoms with E-state index in [1.165, 1.54) is 12.1 Å². The summed E-state index contributed by atoms with van der Waals surface area (Å²) >= 11 is 0. The van der Waals surface area contributed by atoms with Crippen LogP contribution in [0.4, 0.5) is 10.1 Å². The number of aromatic nitrogens is 1. The van der Waals surface area contributed by atoms with E-state index >= 15 is 0 Å². The second-order valence-corrected chi connectivity index (χ2v) is 4.24. The molecule has 0 radical (unpaired) electrons. The van der Waals surface area contributed by atoms with E-state index in [2.05, 4.69) is 15.2 Å². The lowest BCUT2D eigenvalue weighted by atomic mass is 10.2.